The molecule has 0 spiro atoms. The van der Waals surface area contributed by atoms with Crippen LogP contribution in [0.2, 0.25) is 5.15 Å². The van der Waals surface area contributed by atoms with E-state index in [0.717, 1.165) is 17.0 Å². The Morgan fingerprint density at radius 2 is 2.04 bits per heavy atom. The Morgan fingerprint density at radius 3 is 2.76 bits per heavy atom. The molecule has 0 saturated heterocycles. The number of fused-ring (bicyclic) bond motifs is 1. The van der Waals surface area contributed by atoms with Crippen molar-refractivity contribution in [3.63, 3.8) is 0 Å². The molecule has 7 nitrogen and oxygen atoms in total. The monoisotopic (exact) mass is 359 g/mol. The molecule has 8 heteroatoms. The molecule has 0 aliphatic heterocycles. The number of ether oxygens (including phenoxy) is 1. The maximum absolute atomic E-state index is 11.9. The number of hydrogen-bond donors (Lipinski definition) is 1. The van der Waals surface area contributed by atoms with Crippen molar-refractivity contribution >= 4 is 29.2 Å². The van der Waals surface area contributed by atoms with E-state index >= 15 is 0 Å². The number of nitrogens with one attached hydrogen (secondary N) is 1. The van der Waals surface area contributed by atoms with Crippen molar-refractivity contribution in [1.82, 2.24) is 19.6 Å². The minimum atomic E-state index is -0.583. The highest BCUT2D eigenvalue weighted by Gasteiger charge is 2.18. The molecule has 1 N–H and O–H groups in total. The summed E-state index contributed by atoms with van der Waals surface area (Å²) >= 11 is 6.00. The summed E-state index contributed by atoms with van der Waals surface area (Å²) in [5, 5.41) is 7.30. The van der Waals surface area contributed by atoms with Gasteiger partial charge in [-0.1, -0.05) is 11.6 Å². The summed E-state index contributed by atoms with van der Waals surface area (Å²) in [7, 11) is 0. The van der Waals surface area contributed by atoms with Gasteiger partial charge < -0.3 is 4.74 Å². The van der Waals surface area contributed by atoms with E-state index in [0.29, 0.717) is 16.6 Å². The van der Waals surface area contributed by atoms with Crippen molar-refractivity contribution in [2.45, 2.75) is 33.3 Å². The average molecular weight is 360 g/mol. The summed E-state index contributed by atoms with van der Waals surface area (Å²) in [4.78, 5) is 20.6. The van der Waals surface area contributed by atoms with Crippen LogP contribution < -0.4 is 5.32 Å². The van der Waals surface area contributed by atoms with Crippen LogP contribution in [0.25, 0.3) is 16.9 Å². The van der Waals surface area contributed by atoms with Crippen LogP contribution in [-0.2, 0) is 4.74 Å². The fourth-order valence-corrected chi connectivity index (χ4v) is 2.55. The van der Waals surface area contributed by atoms with Gasteiger partial charge in [-0.3, -0.25) is 5.32 Å². The van der Waals surface area contributed by atoms with Crippen molar-refractivity contribution in [3.05, 3.63) is 41.3 Å². The van der Waals surface area contributed by atoms with Crippen molar-refractivity contribution in [2.24, 2.45) is 0 Å². The highest BCUT2D eigenvalue weighted by atomic mass is 35.5. The van der Waals surface area contributed by atoms with E-state index in [-0.39, 0.29) is 0 Å². The Bertz CT molecular complexity index is 946. The first kappa shape index (κ1) is 17.2. The molecule has 0 aliphatic carbocycles. The number of amides is 1. The SMILES string of the molecule is Cc1nc2ccc(Cl)nn2c1-c1ccnc(NC(=O)OC(C)(C)C)c1. The molecule has 1 amide bonds. The van der Waals surface area contributed by atoms with Crippen LogP contribution >= 0.6 is 11.6 Å². The van der Waals surface area contributed by atoms with Gasteiger partial charge in [-0.25, -0.2) is 19.3 Å². The average Bonchev–Trinajstić information content (AvgIpc) is 2.80. The first-order valence-corrected chi connectivity index (χ1v) is 8.09. The van der Waals surface area contributed by atoms with Crippen molar-refractivity contribution in [1.29, 1.82) is 0 Å². The number of carbonyl (C=O) groups excluding carboxylic acids is 1. The van der Waals surface area contributed by atoms with E-state index in [1.54, 1.807) is 49.7 Å². The van der Waals surface area contributed by atoms with Crippen LogP contribution in [0, 0.1) is 6.92 Å². The van der Waals surface area contributed by atoms with Gasteiger partial charge in [-0.05, 0) is 52.0 Å². The quantitative estimate of drug-likeness (QED) is 0.744. The molecule has 0 saturated carbocycles. The second kappa shape index (κ2) is 6.33. The van der Waals surface area contributed by atoms with Crippen LogP contribution in [0.1, 0.15) is 26.5 Å². The van der Waals surface area contributed by atoms with E-state index in [1.165, 1.54) is 0 Å². The van der Waals surface area contributed by atoms with Crippen LogP contribution in [0.3, 0.4) is 0 Å². The molecule has 3 aromatic heterocycles. The summed E-state index contributed by atoms with van der Waals surface area (Å²) in [5.41, 5.74) is 2.49. The minimum Gasteiger partial charge on any atom is -0.444 e. The first-order chi connectivity index (χ1) is 11.7. The van der Waals surface area contributed by atoms with Gasteiger partial charge in [0, 0.05) is 11.8 Å². The lowest BCUT2D eigenvalue weighted by Crippen LogP contribution is -2.27. The van der Waals surface area contributed by atoms with Gasteiger partial charge in [-0.2, -0.15) is 5.10 Å². The Balaban J connectivity index is 1.96. The zero-order valence-electron chi connectivity index (χ0n) is 14.4. The zero-order chi connectivity index (χ0) is 18.2. The molecule has 0 aromatic carbocycles. The maximum Gasteiger partial charge on any atom is 0.413 e. The lowest BCUT2D eigenvalue weighted by atomic mass is 10.1. The minimum absolute atomic E-state index is 0.368. The summed E-state index contributed by atoms with van der Waals surface area (Å²) in [6.07, 6.45) is 1.04. The van der Waals surface area contributed by atoms with Crippen LogP contribution in [0.4, 0.5) is 10.6 Å². The molecular formula is C17H18ClN5O2. The second-order valence-corrected chi connectivity index (χ2v) is 6.92. The molecule has 0 bridgehead atoms. The molecule has 3 rings (SSSR count). The van der Waals surface area contributed by atoms with Gasteiger partial charge in [0.25, 0.3) is 0 Å². The molecule has 0 unspecified atom stereocenters. The fourth-order valence-electron chi connectivity index (χ4n) is 2.41. The maximum atomic E-state index is 11.9. The molecule has 3 heterocycles. The van der Waals surface area contributed by atoms with Crippen LogP contribution in [0.5, 0.6) is 0 Å². The van der Waals surface area contributed by atoms with Gasteiger partial charge in [0.2, 0.25) is 0 Å². The molecule has 0 aliphatic rings. The van der Waals surface area contributed by atoms with Crippen molar-refractivity contribution in [3.8, 4) is 11.3 Å². The predicted molar refractivity (Wildman–Crippen MR) is 95.8 cm³/mol. The van der Waals surface area contributed by atoms with Crippen LogP contribution in [-0.4, -0.2) is 31.3 Å². The fraction of sp³-hybridized carbons (Fsp3) is 0.294. The Kier molecular flexibility index (Phi) is 4.34. The summed E-state index contributed by atoms with van der Waals surface area (Å²) in [6.45, 7) is 7.29. The van der Waals surface area contributed by atoms with E-state index in [1.807, 2.05) is 13.0 Å². The lowest BCUT2D eigenvalue weighted by molar-refractivity contribution is 0.0635. The molecule has 3 aromatic rings. The lowest BCUT2D eigenvalue weighted by Gasteiger charge is -2.19. The number of pyridine rings is 1. The number of carbonyl (C=O) groups is 1. The topological polar surface area (TPSA) is 81.4 Å². The molecular weight excluding hydrogens is 342 g/mol. The predicted octanol–water partition coefficient (Wildman–Crippen LogP) is 4.10. The first-order valence-electron chi connectivity index (χ1n) is 7.71. The summed E-state index contributed by atoms with van der Waals surface area (Å²) in [5.74, 6) is 0.378. The third-order valence-electron chi connectivity index (χ3n) is 3.28. The second-order valence-electron chi connectivity index (χ2n) is 6.53. The van der Waals surface area contributed by atoms with E-state index in [9.17, 15) is 4.79 Å². The summed E-state index contributed by atoms with van der Waals surface area (Å²) in [6, 6.07) is 7.05. The van der Waals surface area contributed by atoms with Gasteiger partial charge in [0.1, 0.15) is 16.6 Å². The van der Waals surface area contributed by atoms with Gasteiger partial charge >= 0.3 is 6.09 Å². The Labute approximate surface area is 150 Å². The third-order valence-corrected chi connectivity index (χ3v) is 3.48. The molecule has 0 atom stereocenters. The van der Waals surface area contributed by atoms with Gasteiger partial charge in [0.15, 0.2) is 5.65 Å². The van der Waals surface area contributed by atoms with E-state index in [4.69, 9.17) is 16.3 Å². The number of imidazole rings is 1. The Hall–Kier alpha value is -2.67. The van der Waals surface area contributed by atoms with Crippen molar-refractivity contribution in [2.75, 3.05) is 5.32 Å². The number of aromatic nitrogens is 4. The number of aryl methyl sites for hydroxylation is 1. The van der Waals surface area contributed by atoms with Crippen LogP contribution in [0.15, 0.2) is 30.5 Å². The highest BCUT2D eigenvalue weighted by molar-refractivity contribution is 6.29. The molecule has 25 heavy (non-hydrogen) atoms. The van der Waals surface area contributed by atoms with E-state index < -0.39 is 11.7 Å². The number of halogens is 1. The normalized spacial score (nSPS) is 11.6. The number of anilines is 1. The van der Waals surface area contributed by atoms with Gasteiger partial charge in [0.05, 0.1) is 11.4 Å². The highest BCUT2D eigenvalue weighted by Crippen LogP contribution is 2.26. The standard InChI is InChI=1S/C17H18ClN5O2/c1-10-15(23-14(20-10)6-5-12(18)22-23)11-7-8-19-13(9-11)21-16(24)25-17(2,3)4/h5-9H,1-4H3,(H,19,21,24). The van der Waals surface area contributed by atoms with Crippen molar-refractivity contribution < 1.29 is 9.53 Å². The Morgan fingerprint density at radius 1 is 1.28 bits per heavy atom. The summed E-state index contributed by atoms with van der Waals surface area (Å²) < 4.78 is 6.92. The zero-order valence-corrected chi connectivity index (χ0v) is 15.1. The smallest absolute Gasteiger partial charge is 0.413 e. The van der Waals surface area contributed by atoms with E-state index in [2.05, 4.69) is 20.4 Å². The molecule has 0 fully saturated rings. The number of rotatable bonds is 2. The number of nitrogens with zero attached hydrogens (tertiary/aromatic N) is 4. The van der Waals surface area contributed by atoms with Gasteiger partial charge in [-0.15, -0.1) is 0 Å². The molecule has 0 radical (unpaired) electrons. The number of hydrogen-bond acceptors (Lipinski definition) is 5. The largest absolute Gasteiger partial charge is 0.444 e. The molecule has 130 valence electrons. The third kappa shape index (κ3) is 3.88.